The molecule has 2 N–H and O–H groups in total. The molecule has 0 bridgehead atoms. The Hall–Kier alpha value is -2.09. The molecule has 0 spiro atoms. The number of ether oxygens (including phenoxy) is 2. The van der Waals surface area contributed by atoms with Gasteiger partial charge in [0.1, 0.15) is 6.61 Å². The summed E-state index contributed by atoms with van der Waals surface area (Å²) in [5.74, 6) is -3.62. The lowest BCUT2D eigenvalue weighted by Crippen LogP contribution is -2.57. The van der Waals surface area contributed by atoms with Crippen molar-refractivity contribution < 1.29 is 49.4 Å². The lowest BCUT2D eigenvalue weighted by molar-refractivity contribution is -0.347. The van der Waals surface area contributed by atoms with Gasteiger partial charge in [-0.25, -0.2) is 8.78 Å². The maximum Gasteiger partial charge on any atom is 0.435 e. The second kappa shape index (κ2) is 10.0. The van der Waals surface area contributed by atoms with E-state index in [2.05, 4.69) is 20.4 Å². The van der Waals surface area contributed by atoms with Gasteiger partial charge in [0, 0.05) is 12.1 Å². The average Bonchev–Trinajstić information content (AvgIpc) is 3.17. The van der Waals surface area contributed by atoms with Crippen LogP contribution in [-0.4, -0.2) is 55.2 Å². The Kier molecular flexibility index (Phi) is 8.71. The van der Waals surface area contributed by atoms with Crippen molar-refractivity contribution >= 4 is 18.3 Å². The second-order valence-corrected chi connectivity index (χ2v) is 6.40. The van der Waals surface area contributed by atoms with E-state index in [1.807, 2.05) is 0 Å². The van der Waals surface area contributed by atoms with Crippen LogP contribution in [0.4, 0.5) is 35.1 Å². The largest absolute Gasteiger partial charge is 0.481 e. The highest BCUT2D eigenvalue weighted by molar-refractivity contribution is 5.85. The quantitative estimate of drug-likeness (QED) is 0.578. The van der Waals surface area contributed by atoms with Gasteiger partial charge in [0.05, 0.1) is 13.2 Å². The average molecular weight is 488 g/mol. The lowest BCUT2D eigenvalue weighted by Gasteiger charge is -2.29. The summed E-state index contributed by atoms with van der Waals surface area (Å²) >= 11 is 0. The number of carbonyl (C=O) groups is 1. The Morgan fingerprint density at radius 1 is 1.19 bits per heavy atom. The van der Waals surface area contributed by atoms with Crippen LogP contribution in [0, 0.1) is 5.82 Å². The molecule has 178 valence electrons. The topological polar surface area (TPSA) is 72.5 Å². The molecule has 0 aromatic carbocycles. The van der Waals surface area contributed by atoms with Gasteiger partial charge in [-0.15, -0.1) is 12.4 Å². The number of amides is 1. The van der Waals surface area contributed by atoms with E-state index in [1.54, 1.807) is 0 Å². The van der Waals surface area contributed by atoms with Crippen LogP contribution in [0.1, 0.15) is 18.4 Å². The molecule has 1 aromatic heterocycles. The van der Waals surface area contributed by atoms with Gasteiger partial charge in [-0.05, 0) is 25.5 Å². The highest BCUT2D eigenvalue weighted by Crippen LogP contribution is 2.46. The summed E-state index contributed by atoms with van der Waals surface area (Å²) in [7, 11) is 1.04. The Labute approximate surface area is 177 Å². The van der Waals surface area contributed by atoms with Crippen LogP contribution >= 0.6 is 12.4 Å². The zero-order valence-electron chi connectivity index (χ0n) is 15.8. The van der Waals surface area contributed by atoms with E-state index in [1.165, 1.54) is 0 Å². The molecule has 1 aliphatic rings. The van der Waals surface area contributed by atoms with Gasteiger partial charge in [0.25, 0.3) is 5.88 Å². The summed E-state index contributed by atoms with van der Waals surface area (Å²) in [4.78, 5) is 15.3. The smallest absolute Gasteiger partial charge is 0.435 e. The minimum atomic E-state index is -6.36. The number of hydrogen-bond acceptors (Lipinski definition) is 5. The number of alkyl halides is 7. The molecule has 1 aromatic rings. The minimum absolute atomic E-state index is 0. The number of halogens is 9. The molecule has 0 aliphatic carbocycles. The fraction of sp³-hybridized carbons (Fsp3) is 0.625. The minimum Gasteiger partial charge on any atom is -0.481 e. The normalized spacial score (nSPS) is 17.1. The van der Waals surface area contributed by atoms with Gasteiger partial charge in [-0.2, -0.15) is 31.3 Å². The van der Waals surface area contributed by atoms with E-state index >= 15 is 0 Å². The third kappa shape index (κ3) is 5.99. The predicted octanol–water partition coefficient (Wildman–Crippen LogP) is 3.23. The summed E-state index contributed by atoms with van der Waals surface area (Å²) < 4.78 is 112. The number of carbonyl (C=O) groups excluding carboxylic acids is 1. The van der Waals surface area contributed by atoms with Gasteiger partial charge in [0.2, 0.25) is 11.8 Å². The lowest BCUT2D eigenvalue weighted by atomic mass is 10.1. The van der Waals surface area contributed by atoms with Gasteiger partial charge in [0.15, 0.2) is 5.82 Å². The molecule has 31 heavy (non-hydrogen) atoms. The Morgan fingerprint density at radius 2 is 1.81 bits per heavy atom. The molecule has 2 heterocycles. The summed E-state index contributed by atoms with van der Waals surface area (Å²) in [6, 6.07) is 0.198. The Bertz CT molecular complexity index is 756. The highest BCUT2D eigenvalue weighted by Gasteiger charge is 2.73. The fourth-order valence-electron chi connectivity index (χ4n) is 2.60. The Balaban J connectivity index is 0.00000480. The van der Waals surface area contributed by atoms with Crippen LogP contribution in [0.5, 0.6) is 11.8 Å². The highest BCUT2D eigenvalue weighted by atomic mass is 35.5. The zero-order valence-corrected chi connectivity index (χ0v) is 16.6. The van der Waals surface area contributed by atoms with E-state index in [0.717, 1.165) is 13.5 Å². The molecular formula is C16H18ClF8N3O3. The summed E-state index contributed by atoms with van der Waals surface area (Å²) in [5.41, 5.74) is -5.80. The molecule has 1 fully saturated rings. The molecule has 1 unspecified atom stereocenters. The number of rotatable bonds is 7. The van der Waals surface area contributed by atoms with Crippen molar-refractivity contribution in [3.8, 4) is 11.8 Å². The number of nitrogens with one attached hydrogen (secondary N) is 2. The summed E-state index contributed by atoms with van der Waals surface area (Å²) in [6.07, 6.45) is -11.3. The van der Waals surface area contributed by atoms with Gasteiger partial charge < -0.3 is 20.1 Å². The summed E-state index contributed by atoms with van der Waals surface area (Å²) in [6.45, 7) is -2.24. The molecular weight excluding hydrogens is 470 g/mol. The maximum absolute atomic E-state index is 14.1. The molecule has 0 saturated carbocycles. The molecule has 1 saturated heterocycles. The first-order chi connectivity index (χ1) is 13.8. The predicted molar refractivity (Wildman–Crippen MR) is 92.3 cm³/mol. The second-order valence-electron chi connectivity index (χ2n) is 6.40. The number of nitrogens with zero attached hydrogens (tertiary/aromatic N) is 1. The van der Waals surface area contributed by atoms with Crippen molar-refractivity contribution in [1.82, 2.24) is 15.6 Å². The first kappa shape index (κ1) is 26.9. The van der Waals surface area contributed by atoms with E-state index in [9.17, 15) is 39.9 Å². The third-order valence-electron chi connectivity index (χ3n) is 4.31. The molecule has 1 amide bonds. The van der Waals surface area contributed by atoms with Crippen molar-refractivity contribution in [2.75, 3.05) is 20.3 Å². The van der Waals surface area contributed by atoms with Crippen molar-refractivity contribution in [3.05, 3.63) is 17.4 Å². The zero-order chi connectivity index (χ0) is 22.7. The number of hydrogen-bond donors (Lipinski definition) is 2. The third-order valence-corrected chi connectivity index (χ3v) is 4.31. The van der Waals surface area contributed by atoms with Crippen LogP contribution in [0.3, 0.4) is 0 Å². The van der Waals surface area contributed by atoms with Crippen molar-refractivity contribution in [2.24, 2.45) is 0 Å². The monoisotopic (exact) mass is 487 g/mol. The van der Waals surface area contributed by atoms with Gasteiger partial charge in [-0.1, -0.05) is 0 Å². The SMILES string of the molecule is COc1nc(OCC(F)(C(F)(F)F)C(F)(F)F)c(F)cc1CNC(=O)C1CCCN1.Cl. The summed E-state index contributed by atoms with van der Waals surface area (Å²) in [5, 5.41) is 5.40. The standard InChI is InChI=1S/C16H17F8N3O3.ClH/c1-29-12-8(6-26-11(28)10-3-2-4-25-10)5-9(17)13(27-12)30-7-14(18,15(19,20)21)16(22,23)24;/h5,10,25H,2-4,6-7H2,1H3,(H,26,28);1H. The van der Waals surface area contributed by atoms with E-state index in [0.29, 0.717) is 19.0 Å². The van der Waals surface area contributed by atoms with E-state index in [-0.39, 0.29) is 24.5 Å². The molecule has 15 heteroatoms. The van der Waals surface area contributed by atoms with Gasteiger partial charge >= 0.3 is 18.0 Å². The number of aromatic nitrogens is 1. The van der Waals surface area contributed by atoms with E-state index < -0.39 is 54.2 Å². The molecule has 1 aliphatic heterocycles. The van der Waals surface area contributed by atoms with E-state index in [4.69, 9.17) is 4.74 Å². The Morgan fingerprint density at radius 3 is 2.29 bits per heavy atom. The van der Waals surface area contributed by atoms with Crippen molar-refractivity contribution in [1.29, 1.82) is 0 Å². The first-order valence-corrected chi connectivity index (χ1v) is 8.50. The van der Waals surface area contributed by atoms with Crippen LogP contribution in [-0.2, 0) is 11.3 Å². The first-order valence-electron chi connectivity index (χ1n) is 8.50. The van der Waals surface area contributed by atoms with Gasteiger partial charge in [-0.3, -0.25) is 4.79 Å². The maximum atomic E-state index is 14.1. The van der Waals surface area contributed by atoms with Crippen molar-refractivity contribution in [2.45, 2.75) is 43.4 Å². The van der Waals surface area contributed by atoms with Crippen molar-refractivity contribution in [3.63, 3.8) is 0 Å². The molecule has 2 rings (SSSR count). The molecule has 6 nitrogen and oxygen atoms in total. The van der Waals surface area contributed by atoms with Crippen LogP contribution in [0.2, 0.25) is 0 Å². The van der Waals surface area contributed by atoms with Crippen LogP contribution < -0.4 is 20.1 Å². The van der Waals surface area contributed by atoms with Crippen LogP contribution in [0.15, 0.2) is 6.07 Å². The molecule has 1 atom stereocenters. The number of methoxy groups -OCH3 is 1. The molecule has 0 radical (unpaired) electrons. The number of pyridine rings is 1. The fourth-order valence-corrected chi connectivity index (χ4v) is 2.60. The van der Waals surface area contributed by atoms with Crippen LogP contribution in [0.25, 0.3) is 0 Å².